The first kappa shape index (κ1) is 13.3. The zero-order valence-corrected chi connectivity index (χ0v) is 13.0. The van der Waals surface area contributed by atoms with Crippen molar-refractivity contribution < 1.29 is 4.74 Å². The van der Waals surface area contributed by atoms with Crippen LogP contribution in [0.25, 0.3) is 0 Å². The first-order chi connectivity index (χ1) is 9.65. The standard InChI is InChI=1S/C16H17BrN2O/c1-19(15-6-4-12(17)10-14(15)18)13-5-7-16-11(9-13)3-2-8-20-16/h4-7,9-10H,2-3,8,18H2,1H3. The zero-order chi connectivity index (χ0) is 14.1. The van der Waals surface area contributed by atoms with Crippen molar-refractivity contribution in [1.82, 2.24) is 0 Å². The average molecular weight is 333 g/mol. The summed E-state index contributed by atoms with van der Waals surface area (Å²) in [4.78, 5) is 2.11. The molecule has 0 bridgehead atoms. The van der Waals surface area contributed by atoms with Crippen LogP contribution < -0.4 is 15.4 Å². The lowest BCUT2D eigenvalue weighted by molar-refractivity contribution is 0.288. The molecule has 3 rings (SSSR count). The highest BCUT2D eigenvalue weighted by atomic mass is 79.9. The van der Waals surface area contributed by atoms with Crippen molar-refractivity contribution in [3.63, 3.8) is 0 Å². The van der Waals surface area contributed by atoms with Crippen molar-refractivity contribution in [1.29, 1.82) is 0 Å². The fraction of sp³-hybridized carbons (Fsp3) is 0.250. The van der Waals surface area contributed by atoms with E-state index in [1.165, 1.54) is 5.56 Å². The van der Waals surface area contributed by atoms with Crippen LogP contribution in [-0.4, -0.2) is 13.7 Å². The van der Waals surface area contributed by atoms with Gasteiger partial charge in [-0.2, -0.15) is 0 Å². The third-order valence-corrected chi connectivity index (χ3v) is 4.12. The number of fused-ring (bicyclic) bond motifs is 1. The molecule has 0 fully saturated rings. The lowest BCUT2D eigenvalue weighted by Crippen LogP contribution is -2.13. The summed E-state index contributed by atoms with van der Waals surface area (Å²) >= 11 is 3.44. The van der Waals surface area contributed by atoms with E-state index in [-0.39, 0.29) is 0 Å². The third kappa shape index (κ3) is 2.48. The number of aryl methyl sites for hydroxylation is 1. The Morgan fingerprint density at radius 1 is 1.20 bits per heavy atom. The van der Waals surface area contributed by atoms with Crippen LogP contribution in [-0.2, 0) is 6.42 Å². The monoisotopic (exact) mass is 332 g/mol. The molecule has 0 unspecified atom stereocenters. The maximum atomic E-state index is 6.10. The summed E-state index contributed by atoms with van der Waals surface area (Å²) in [7, 11) is 2.03. The van der Waals surface area contributed by atoms with Crippen LogP contribution in [0.1, 0.15) is 12.0 Å². The molecule has 0 saturated carbocycles. The van der Waals surface area contributed by atoms with Gasteiger partial charge >= 0.3 is 0 Å². The summed E-state index contributed by atoms with van der Waals surface area (Å²) in [5, 5.41) is 0. The summed E-state index contributed by atoms with van der Waals surface area (Å²) in [6.45, 7) is 0.821. The normalized spacial score (nSPS) is 13.5. The summed E-state index contributed by atoms with van der Waals surface area (Å²) < 4.78 is 6.65. The second-order valence-electron chi connectivity index (χ2n) is 5.01. The van der Waals surface area contributed by atoms with Gasteiger partial charge in [0.15, 0.2) is 0 Å². The van der Waals surface area contributed by atoms with Gasteiger partial charge in [0.2, 0.25) is 0 Å². The maximum Gasteiger partial charge on any atom is 0.122 e. The molecule has 3 nitrogen and oxygen atoms in total. The van der Waals surface area contributed by atoms with E-state index in [1.807, 2.05) is 25.2 Å². The molecule has 1 aliphatic heterocycles. The smallest absolute Gasteiger partial charge is 0.122 e. The van der Waals surface area contributed by atoms with Gasteiger partial charge in [-0.1, -0.05) is 15.9 Å². The Morgan fingerprint density at radius 2 is 2.05 bits per heavy atom. The maximum absolute atomic E-state index is 6.10. The molecular formula is C16H17BrN2O. The number of ether oxygens (including phenoxy) is 1. The third-order valence-electron chi connectivity index (χ3n) is 3.63. The molecule has 4 heteroatoms. The van der Waals surface area contributed by atoms with Crippen LogP contribution >= 0.6 is 15.9 Å². The number of nitrogens with two attached hydrogens (primary N) is 1. The fourth-order valence-electron chi connectivity index (χ4n) is 2.53. The highest BCUT2D eigenvalue weighted by molar-refractivity contribution is 9.10. The van der Waals surface area contributed by atoms with Gasteiger partial charge in [0, 0.05) is 17.2 Å². The van der Waals surface area contributed by atoms with Crippen molar-refractivity contribution in [3.8, 4) is 5.75 Å². The summed E-state index contributed by atoms with van der Waals surface area (Å²) in [5.41, 5.74) is 10.3. The Labute approximate surface area is 127 Å². The first-order valence-corrected chi connectivity index (χ1v) is 7.49. The molecule has 1 heterocycles. The van der Waals surface area contributed by atoms with Crippen molar-refractivity contribution in [2.24, 2.45) is 0 Å². The van der Waals surface area contributed by atoms with Crippen LogP contribution in [0.2, 0.25) is 0 Å². The van der Waals surface area contributed by atoms with Gasteiger partial charge in [0.25, 0.3) is 0 Å². The number of nitrogens with zero attached hydrogens (tertiary/aromatic N) is 1. The van der Waals surface area contributed by atoms with Gasteiger partial charge in [-0.15, -0.1) is 0 Å². The van der Waals surface area contributed by atoms with Gasteiger partial charge in [0.1, 0.15) is 5.75 Å². The SMILES string of the molecule is CN(c1ccc2c(c1)CCCO2)c1ccc(Br)cc1N. The Morgan fingerprint density at radius 3 is 2.85 bits per heavy atom. The molecule has 2 aromatic carbocycles. The van der Waals surface area contributed by atoms with Gasteiger partial charge in [-0.3, -0.25) is 0 Å². The molecule has 0 radical (unpaired) electrons. The Balaban J connectivity index is 1.95. The minimum Gasteiger partial charge on any atom is -0.493 e. The van der Waals surface area contributed by atoms with E-state index >= 15 is 0 Å². The molecular weight excluding hydrogens is 316 g/mol. The van der Waals surface area contributed by atoms with E-state index in [4.69, 9.17) is 10.5 Å². The lowest BCUT2D eigenvalue weighted by atomic mass is 10.1. The molecule has 2 N–H and O–H groups in total. The second kappa shape index (κ2) is 5.37. The Bertz CT molecular complexity index is 642. The number of nitrogen functional groups attached to an aromatic ring is 1. The summed E-state index contributed by atoms with van der Waals surface area (Å²) in [6, 6.07) is 12.3. The fourth-order valence-corrected chi connectivity index (χ4v) is 2.90. The van der Waals surface area contributed by atoms with E-state index in [1.54, 1.807) is 0 Å². The van der Waals surface area contributed by atoms with Crippen LogP contribution in [0.5, 0.6) is 5.75 Å². The molecule has 0 aromatic heterocycles. The van der Waals surface area contributed by atoms with E-state index in [0.29, 0.717) is 0 Å². The van der Waals surface area contributed by atoms with Crippen molar-refractivity contribution in [2.75, 3.05) is 24.3 Å². The van der Waals surface area contributed by atoms with Crippen LogP contribution in [0.15, 0.2) is 40.9 Å². The van der Waals surface area contributed by atoms with Crippen molar-refractivity contribution in [3.05, 3.63) is 46.4 Å². The van der Waals surface area contributed by atoms with Crippen molar-refractivity contribution in [2.45, 2.75) is 12.8 Å². The number of benzene rings is 2. The second-order valence-corrected chi connectivity index (χ2v) is 5.92. The average Bonchev–Trinajstić information content (AvgIpc) is 2.46. The van der Waals surface area contributed by atoms with E-state index in [0.717, 1.165) is 46.7 Å². The predicted molar refractivity (Wildman–Crippen MR) is 86.9 cm³/mol. The Kier molecular flexibility index (Phi) is 3.57. The highest BCUT2D eigenvalue weighted by Gasteiger charge is 2.14. The molecule has 0 atom stereocenters. The number of hydrogen-bond acceptors (Lipinski definition) is 3. The van der Waals surface area contributed by atoms with Gasteiger partial charge < -0.3 is 15.4 Å². The number of anilines is 3. The molecule has 2 aromatic rings. The van der Waals surface area contributed by atoms with E-state index in [2.05, 4.69) is 39.0 Å². The van der Waals surface area contributed by atoms with E-state index < -0.39 is 0 Å². The van der Waals surface area contributed by atoms with Crippen LogP contribution in [0.3, 0.4) is 0 Å². The molecule has 0 saturated heterocycles. The molecule has 0 aliphatic carbocycles. The number of halogens is 1. The summed E-state index contributed by atoms with van der Waals surface area (Å²) in [5.74, 6) is 1.01. The zero-order valence-electron chi connectivity index (χ0n) is 11.4. The van der Waals surface area contributed by atoms with Gasteiger partial charge in [-0.05, 0) is 54.8 Å². The highest BCUT2D eigenvalue weighted by Crippen LogP contribution is 2.34. The topological polar surface area (TPSA) is 38.5 Å². The quantitative estimate of drug-likeness (QED) is 0.840. The Hall–Kier alpha value is -1.68. The van der Waals surface area contributed by atoms with Gasteiger partial charge in [-0.25, -0.2) is 0 Å². The number of rotatable bonds is 2. The van der Waals surface area contributed by atoms with E-state index in [9.17, 15) is 0 Å². The van der Waals surface area contributed by atoms with Crippen LogP contribution in [0.4, 0.5) is 17.1 Å². The largest absolute Gasteiger partial charge is 0.493 e. The minimum absolute atomic E-state index is 0.760. The van der Waals surface area contributed by atoms with Crippen LogP contribution in [0, 0.1) is 0 Å². The molecule has 104 valence electrons. The lowest BCUT2D eigenvalue weighted by Gasteiger charge is -2.24. The summed E-state index contributed by atoms with van der Waals surface area (Å²) in [6.07, 6.45) is 2.16. The molecule has 0 amide bonds. The number of hydrogen-bond donors (Lipinski definition) is 1. The first-order valence-electron chi connectivity index (χ1n) is 6.69. The van der Waals surface area contributed by atoms with Crippen molar-refractivity contribution >= 4 is 33.0 Å². The molecule has 1 aliphatic rings. The minimum atomic E-state index is 0.760. The predicted octanol–water partition coefficient (Wildman–Crippen LogP) is 4.12. The van der Waals surface area contributed by atoms with Gasteiger partial charge in [0.05, 0.1) is 18.0 Å². The molecule has 0 spiro atoms. The molecule has 20 heavy (non-hydrogen) atoms.